The molecule has 2 rings (SSSR count). The van der Waals surface area contributed by atoms with Crippen LogP contribution in [-0.4, -0.2) is 25.7 Å². The molecular weight excluding hydrogens is 271 g/mol. The smallest absolute Gasteiger partial charge is 0.220 e. The molecule has 0 spiro atoms. The number of hydrogen-bond donors (Lipinski definition) is 2. The molecule has 1 saturated carbocycles. The topological polar surface area (TPSA) is 64.3 Å². The van der Waals surface area contributed by atoms with E-state index in [2.05, 4.69) is 5.32 Å². The van der Waals surface area contributed by atoms with E-state index in [-0.39, 0.29) is 29.7 Å². The van der Waals surface area contributed by atoms with Crippen LogP contribution in [0.1, 0.15) is 37.3 Å². The Hall–Kier alpha value is -1.46. The second-order valence-corrected chi connectivity index (χ2v) is 5.69. The summed E-state index contributed by atoms with van der Waals surface area (Å²) in [6, 6.07) is 5.97. The summed E-state index contributed by atoms with van der Waals surface area (Å²) in [5.74, 6) is -0.0525. The molecule has 3 N–H and O–H groups in total. The second kappa shape index (κ2) is 7.52. The van der Waals surface area contributed by atoms with Crippen LogP contribution in [0, 0.1) is 11.7 Å². The van der Waals surface area contributed by atoms with Gasteiger partial charge >= 0.3 is 0 Å². The number of benzene rings is 1. The van der Waals surface area contributed by atoms with Crippen molar-refractivity contribution in [1.82, 2.24) is 5.32 Å². The normalized spacial score (nSPS) is 23.0. The number of nitrogens with one attached hydrogen (secondary N) is 1. The molecule has 3 atom stereocenters. The highest BCUT2D eigenvalue weighted by Crippen LogP contribution is 2.27. The minimum atomic E-state index is -0.293. The third kappa shape index (κ3) is 4.51. The molecule has 0 radical (unpaired) electrons. The first-order valence-electron chi connectivity index (χ1n) is 7.39. The lowest BCUT2D eigenvalue weighted by molar-refractivity contribution is -0.123. The highest BCUT2D eigenvalue weighted by atomic mass is 19.1. The van der Waals surface area contributed by atoms with Gasteiger partial charge < -0.3 is 15.8 Å². The highest BCUT2D eigenvalue weighted by molar-refractivity contribution is 5.76. The molecule has 116 valence electrons. The average Bonchev–Trinajstić information content (AvgIpc) is 2.84. The first-order chi connectivity index (χ1) is 10.1. The maximum Gasteiger partial charge on any atom is 0.220 e. The molecule has 1 aliphatic rings. The van der Waals surface area contributed by atoms with Gasteiger partial charge in [-0.3, -0.25) is 4.79 Å². The summed E-state index contributed by atoms with van der Waals surface area (Å²) < 4.78 is 18.1. The highest BCUT2D eigenvalue weighted by Gasteiger charge is 2.27. The predicted octanol–water partition coefficient (Wildman–Crippen LogP) is 2.15. The van der Waals surface area contributed by atoms with Crippen molar-refractivity contribution in [2.45, 2.75) is 37.8 Å². The Bertz CT molecular complexity index is 464. The van der Waals surface area contributed by atoms with E-state index in [0.29, 0.717) is 13.0 Å². The van der Waals surface area contributed by atoms with Crippen LogP contribution >= 0.6 is 0 Å². The molecule has 0 aromatic heterocycles. The Morgan fingerprint density at radius 1 is 1.43 bits per heavy atom. The Labute approximate surface area is 124 Å². The zero-order chi connectivity index (χ0) is 15.2. The number of carbonyl (C=O) groups is 1. The lowest BCUT2D eigenvalue weighted by atomic mass is 9.99. The van der Waals surface area contributed by atoms with E-state index < -0.39 is 0 Å². The number of carbonyl (C=O) groups excluding carboxylic acids is 1. The van der Waals surface area contributed by atoms with Crippen LogP contribution in [0.5, 0.6) is 0 Å². The first kappa shape index (κ1) is 15.9. The second-order valence-electron chi connectivity index (χ2n) is 5.69. The van der Waals surface area contributed by atoms with Crippen molar-refractivity contribution >= 4 is 5.91 Å². The summed E-state index contributed by atoms with van der Waals surface area (Å²) >= 11 is 0. The molecule has 0 heterocycles. The lowest BCUT2D eigenvalue weighted by Gasteiger charge is -2.21. The third-order valence-corrected chi connectivity index (χ3v) is 4.11. The monoisotopic (exact) mass is 294 g/mol. The van der Waals surface area contributed by atoms with E-state index in [1.807, 2.05) is 0 Å². The first-order valence-corrected chi connectivity index (χ1v) is 7.39. The van der Waals surface area contributed by atoms with Gasteiger partial charge in [-0.1, -0.05) is 18.6 Å². The van der Waals surface area contributed by atoms with Crippen LogP contribution in [0.3, 0.4) is 0 Å². The number of ether oxygens (including phenoxy) is 1. The van der Waals surface area contributed by atoms with Crippen LogP contribution in [0.25, 0.3) is 0 Å². The van der Waals surface area contributed by atoms with Crippen LogP contribution in [0.4, 0.5) is 4.39 Å². The number of rotatable bonds is 6. The Morgan fingerprint density at radius 2 is 2.14 bits per heavy atom. The van der Waals surface area contributed by atoms with Crippen molar-refractivity contribution in [3.8, 4) is 0 Å². The summed E-state index contributed by atoms with van der Waals surface area (Å²) in [5.41, 5.74) is 6.83. The SMILES string of the molecule is COCC(NC(=O)C[C@@H]1CCC[C@H]1N)c1ccc(F)cc1. The molecule has 5 heteroatoms. The molecular formula is C16H23FN2O2. The molecule has 1 unspecified atom stereocenters. The lowest BCUT2D eigenvalue weighted by Crippen LogP contribution is -2.35. The van der Waals surface area contributed by atoms with E-state index >= 15 is 0 Å². The number of methoxy groups -OCH3 is 1. The number of amides is 1. The van der Waals surface area contributed by atoms with Gasteiger partial charge in [0.15, 0.2) is 0 Å². The van der Waals surface area contributed by atoms with Gasteiger partial charge in [0, 0.05) is 19.6 Å². The fourth-order valence-corrected chi connectivity index (χ4v) is 2.89. The standard InChI is InChI=1S/C16H23FN2O2/c1-21-10-15(11-5-7-13(17)8-6-11)19-16(20)9-12-3-2-4-14(12)18/h5-8,12,14-15H,2-4,9-10,18H2,1H3,(H,19,20)/t12-,14+,15?/m0/s1. The van der Waals surface area contributed by atoms with Gasteiger partial charge in [-0.15, -0.1) is 0 Å². The molecule has 1 aromatic carbocycles. The summed E-state index contributed by atoms with van der Waals surface area (Å²) in [7, 11) is 1.58. The fourth-order valence-electron chi connectivity index (χ4n) is 2.89. The number of halogens is 1. The molecule has 1 amide bonds. The van der Waals surface area contributed by atoms with Crippen molar-refractivity contribution in [3.63, 3.8) is 0 Å². The molecule has 1 aromatic rings. The molecule has 4 nitrogen and oxygen atoms in total. The summed E-state index contributed by atoms with van der Waals surface area (Å²) in [5, 5.41) is 2.96. The minimum Gasteiger partial charge on any atom is -0.382 e. The van der Waals surface area contributed by atoms with E-state index in [4.69, 9.17) is 10.5 Å². The zero-order valence-electron chi connectivity index (χ0n) is 12.3. The van der Waals surface area contributed by atoms with E-state index in [9.17, 15) is 9.18 Å². The average molecular weight is 294 g/mol. The van der Waals surface area contributed by atoms with Gasteiger partial charge in [0.1, 0.15) is 5.82 Å². The van der Waals surface area contributed by atoms with Crippen molar-refractivity contribution in [1.29, 1.82) is 0 Å². The van der Waals surface area contributed by atoms with Crippen molar-refractivity contribution < 1.29 is 13.9 Å². The Kier molecular flexibility index (Phi) is 5.70. The molecule has 0 aliphatic heterocycles. The predicted molar refractivity (Wildman–Crippen MR) is 79.1 cm³/mol. The van der Waals surface area contributed by atoms with Gasteiger partial charge in [-0.05, 0) is 36.5 Å². The van der Waals surface area contributed by atoms with Crippen molar-refractivity contribution in [2.75, 3.05) is 13.7 Å². The summed E-state index contributed by atoms with van der Waals surface area (Å²) in [4.78, 5) is 12.2. The molecule has 0 bridgehead atoms. The van der Waals surface area contributed by atoms with E-state index in [0.717, 1.165) is 24.8 Å². The van der Waals surface area contributed by atoms with Gasteiger partial charge in [0.05, 0.1) is 12.6 Å². The number of hydrogen-bond acceptors (Lipinski definition) is 3. The van der Waals surface area contributed by atoms with Gasteiger partial charge in [0.2, 0.25) is 5.91 Å². The van der Waals surface area contributed by atoms with Gasteiger partial charge in [-0.2, -0.15) is 0 Å². The van der Waals surface area contributed by atoms with E-state index in [1.54, 1.807) is 19.2 Å². The Balaban J connectivity index is 1.95. The minimum absolute atomic E-state index is 0.0243. The van der Waals surface area contributed by atoms with Crippen molar-refractivity contribution in [2.24, 2.45) is 11.7 Å². The maximum atomic E-state index is 13.0. The van der Waals surface area contributed by atoms with Crippen LogP contribution in [-0.2, 0) is 9.53 Å². The van der Waals surface area contributed by atoms with Crippen LogP contribution in [0.15, 0.2) is 24.3 Å². The zero-order valence-corrected chi connectivity index (χ0v) is 12.3. The molecule has 1 aliphatic carbocycles. The molecule has 0 saturated heterocycles. The molecule has 21 heavy (non-hydrogen) atoms. The van der Waals surface area contributed by atoms with E-state index in [1.165, 1.54) is 12.1 Å². The number of nitrogens with two attached hydrogens (primary N) is 1. The summed E-state index contributed by atoms with van der Waals surface area (Å²) in [6.07, 6.45) is 3.55. The third-order valence-electron chi connectivity index (χ3n) is 4.11. The van der Waals surface area contributed by atoms with Crippen LogP contribution in [0.2, 0.25) is 0 Å². The fraction of sp³-hybridized carbons (Fsp3) is 0.562. The maximum absolute atomic E-state index is 13.0. The van der Waals surface area contributed by atoms with Crippen LogP contribution < -0.4 is 11.1 Å². The van der Waals surface area contributed by atoms with Gasteiger partial charge in [-0.25, -0.2) is 4.39 Å². The van der Waals surface area contributed by atoms with Gasteiger partial charge in [0.25, 0.3) is 0 Å². The Morgan fingerprint density at radius 3 is 2.71 bits per heavy atom. The summed E-state index contributed by atoms with van der Waals surface area (Å²) in [6.45, 7) is 0.355. The quantitative estimate of drug-likeness (QED) is 0.845. The molecule has 1 fully saturated rings. The van der Waals surface area contributed by atoms with Crippen molar-refractivity contribution in [3.05, 3.63) is 35.6 Å². The largest absolute Gasteiger partial charge is 0.382 e.